The van der Waals surface area contributed by atoms with E-state index in [-0.39, 0.29) is 17.9 Å². The summed E-state index contributed by atoms with van der Waals surface area (Å²) in [5, 5.41) is 6.26. The van der Waals surface area contributed by atoms with Crippen molar-refractivity contribution in [2.24, 2.45) is 5.41 Å². The molecule has 5 rings (SSSR count). The second-order valence-corrected chi connectivity index (χ2v) is 10.5. The number of imidazole rings is 1. The minimum atomic E-state index is -0.398. The van der Waals surface area contributed by atoms with Crippen LogP contribution in [0.1, 0.15) is 60.8 Å². The maximum absolute atomic E-state index is 13.7. The van der Waals surface area contributed by atoms with Crippen molar-refractivity contribution in [3.05, 3.63) is 65.6 Å². The number of hydrogen-bond donors (Lipinski definition) is 2. The molecule has 2 aliphatic heterocycles. The van der Waals surface area contributed by atoms with Gasteiger partial charge in [0.2, 0.25) is 5.91 Å². The standard InChI is InChI=1S/C29H37N5O3/c1-21-20-37-25-10-4-3-9-23(25)27(35)30-15-7-6-12-29(28(36)31-21)13-17-33(18-14-29)19-24-22(2)32-26-11-5-8-16-34(24)26/h3-5,8-11,16,21H,6-7,12-15,17-20H2,1-2H3,(H,30,35)(H,31,36)/t21-/m1/s1. The van der Waals surface area contributed by atoms with Crippen LogP contribution in [0.25, 0.3) is 5.65 Å². The number of carbonyl (C=O) groups is 2. The Morgan fingerprint density at radius 1 is 1.05 bits per heavy atom. The number of nitrogens with one attached hydrogen (secondary N) is 2. The molecule has 37 heavy (non-hydrogen) atoms. The lowest BCUT2D eigenvalue weighted by Gasteiger charge is -2.41. The fraction of sp³-hybridized carbons (Fsp3) is 0.483. The highest BCUT2D eigenvalue weighted by molar-refractivity contribution is 5.96. The number of para-hydroxylation sites is 1. The summed E-state index contributed by atoms with van der Waals surface area (Å²) in [6, 6.07) is 13.2. The van der Waals surface area contributed by atoms with Gasteiger partial charge in [-0.15, -0.1) is 0 Å². The summed E-state index contributed by atoms with van der Waals surface area (Å²) in [5.74, 6) is 0.558. The van der Waals surface area contributed by atoms with Crippen molar-refractivity contribution in [3.63, 3.8) is 0 Å². The van der Waals surface area contributed by atoms with Gasteiger partial charge in [-0.1, -0.05) is 24.6 Å². The van der Waals surface area contributed by atoms with Gasteiger partial charge >= 0.3 is 0 Å². The van der Waals surface area contributed by atoms with Gasteiger partial charge in [0.1, 0.15) is 18.0 Å². The van der Waals surface area contributed by atoms with Gasteiger partial charge in [0.05, 0.1) is 28.4 Å². The molecule has 4 heterocycles. The molecule has 0 radical (unpaired) electrons. The maximum atomic E-state index is 13.7. The molecule has 1 spiro atoms. The second-order valence-electron chi connectivity index (χ2n) is 10.5. The van der Waals surface area contributed by atoms with Crippen molar-refractivity contribution in [2.75, 3.05) is 26.2 Å². The van der Waals surface area contributed by atoms with E-state index >= 15 is 0 Å². The highest BCUT2D eigenvalue weighted by atomic mass is 16.5. The van der Waals surface area contributed by atoms with Gasteiger partial charge in [-0.3, -0.25) is 14.5 Å². The van der Waals surface area contributed by atoms with Crippen LogP contribution in [0.15, 0.2) is 48.7 Å². The molecule has 2 amide bonds. The van der Waals surface area contributed by atoms with Gasteiger partial charge in [0, 0.05) is 19.3 Å². The minimum absolute atomic E-state index is 0.116. The number of rotatable bonds is 2. The number of fused-ring (bicyclic) bond motifs is 2. The first-order valence-electron chi connectivity index (χ1n) is 13.4. The Bertz CT molecular complexity index is 1260. The SMILES string of the molecule is Cc1nc2ccccn2c1CN1CCC2(CCCCNC(=O)c3ccccc3OC[C@@H](C)NC2=O)CC1. The summed E-state index contributed by atoms with van der Waals surface area (Å²) in [4.78, 5) is 33.5. The predicted octanol–water partition coefficient (Wildman–Crippen LogP) is 3.72. The molecule has 0 saturated carbocycles. The Morgan fingerprint density at radius 2 is 1.84 bits per heavy atom. The van der Waals surface area contributed by atoms with E-state index in [2.05, 4.69) is 33.1 Å². The van der Waals surface area contributed by atoms with Crippen molar-refractivity contribution >= 4 is 17.5 Å². The predicted molar refractivity (Wildman–Crippen MR) is 143 cm³/mol. The van der Waals surface area contributed by atoms with Gasteiger partial charge in [-0.2, -0.15) is 0 Å². The second kappa shape index (κ2) is 10.9. The molecule has 1 atom stereocenters. The van der Waals surface area contributed by atoms with Crippen molar-refractivity contribution in [3.8, 4) is 5.75 Å². The van der Waals surface area contributed by atoms with Crippen LogP contribution in [-0.4, -0.2) is 58.4 Å². The molecule has 0 bridgehead atoms. The van der Waals surface area contributed by atoms with Crippen LogP contribution in [0, 0.1) is 12.3 Å². The number of benzene rings is 1. The molecule has 2 aliphatic rings. The van der Waals surface area contributed by atoms with E-state index in [0.29, 0.717) is 24.5 Å². The third-order valence-electron chi connectivity index (χ3n) is 7.86. The molecule has 1 saturated heterocycles. The van der Waals surface area contributed by atoms with Gasteiger partial charge in [-0.25, -0.2) is 4.98 Å². The quantitative estimate of drug-likeness (QED) is 0.557. The monoisotopic (exact) mass is 503 g/mol. The molecule has 0 aliphatic carbocycles. The number of aromatic nitrogens is 2. The number of piperidine rings is 1. The zero-order valence-electron chi connectivity index (χ0n) is 21.8. The van der Waals surface area contributed by atoms with Gasteiger partial charge in [0.15, 0.2) is 0 Å². The fourth-order valence-corrected chi connectivity index (χ4v) is 5.60. The van der Waals surface area contributed by atoms with Crippen LogP contribution in [0.4, 0.5) is 0 Å². The van der Waals surface area contributed by atoms with Crippen LogP contribution in [0.3, 0.4) is 0 Å². The normalized spacial score (nSPS) is 21.5. The number of hydrogen-bond acceptors (Lipinski definition) is 5. The Labute approximate surface area is 218 Å². The summed E-state index contributed by atoms with van der Waals surface area (Å²) in [6.45, 7) is 7.48. The van der Waals surface area contributed by atoms with E-state index in [9.17, 15) is 9.59 Å². The largest absolute Gasteiger partial charge is 0.491 e. The van der Waals surface area contributed by atoms with Crippen molar-refractivity contribution in [2.45, 2.75) is 58.5 Å². The fourth-order valence-electron chi connectivity index (χ4n) is 5.60. The number of ether oxygens (including phenoxy) is 1. The first-order chi connectivity index (χ1) is 17.9. The van der Waals surface area contributed by atoms with Crippen molar-refractivity contribution in [1.29, 1.82) is 0 Å². The van der Waals surface area contributed by atoms with Crippen molar-refractivity contribution < 1.29 is 14.3 Å². The first kappa shape index (κ1) is 25.3. The smallest absolute Gasteiger partial charge is 0.255 e. The zero-order valence-corrected chi connectivity index (χ0v) is 21.8. The third kappa shape index (κ3) is 5.49. The highest BCUT2D eigenvalue weighted by Gasteiger charge is 2.41. The molecule has 196 valence electrons. The zero-order chi connectivity index (χ0) is 25.8. The van der Waals surface area contributed by atoms with Crippen LogP contribution >= 0.6 is 0 Å². The van der Waals surface area contributed by atoms with Gasteiger partial charge < -0.3 is 19.8 Å². The molecular formula is C29H37N5O3. The molecule has 1 fully saturated rings. The van der Waals surface area contributed by atoms with Crippen LogP contribution in [-0.2, 0) is 11.3 Å². The van der Waals surface area contributed by atoms with Gasteiger partial charge in [0.25, 0.3) is 5.91 Å². The Hall–Kier alpha value is -3.39. The lowest BCUT2D eigenvalue weighted by Crippen LogP contribution is -2.51. The summed E-state index contributed by atoms with van der Waals surface area (Å²) in [5.41, 5.74) is 3.37. The summed E-state index contributed by atoms with van der Waals surface area (Å²) < 4.78 is 8.14. The number of nitrogens with zero attached hydrogens (tertiary/aromatic N) is 3. The van der Waals surface area contributed by atoms with Crippen LogP contribution < -0.4 is 15.4 Å². The van der Waals surface area contributed by atoms with E-state index in [1.165, 1.54) is 5.69 Å². The molecule has 8 nitrogen and oxygen atoms in total. The van der Waals surface area contributed by atoms with E-state index in [1.54, 1.807) is 12.1 Å². The van der Waals surface area contributed by atoms with Crippen molar-refractivity contribution in [1.82, 2.24) is 24.9 Å². The Morgan fingerprint density at radius 3 is 2.68 bits per heavy atom. The van der Waals surface area contributed by atoms with E-state index < -0.39 is 5.41 Å². The maximum Gasteiger partial charge on any atom is 0.255 e. The average Bonchev–Trinajstić information content (AvgIpc) is 3.22. The number of pyridine rings is 1. The number of amides is 2. The number of aryl methyl sites for hydroxylation is 1. The number of carbonyl (C=O) groups excluding carboxylic acids is 2. The minimum Gasteiger partial charge on any atom is -0.491 e. The molecule has 2 N–H and O–H groups in total. The topological polar surface area (TPSA) is 88.0 Å². The molecular weight excluding hydrogens is 466 g/mol. The Kier molecular flexibility index (Phi) is 7.46. The number of likely N-dealkylation sites (tertiary alicyclic amines) is 1. The van der Waals surface area contributed by atoms with Crippen LogP contribution in [0.2, 0.25) is 0 Å². The summed E-state index contributed by atoms with van der Waals surface area (Å²) in [6.07, 6.45) is 6.26. The molecule has 0 unspecified atom stereocenters. The van der Waals surface area contributed by atoms with E-state index in [4.69, 9.17) is 9.72 Å². The lowest BCUT2D eigenvalue weighted by atomic mass is 9.73. The Balaban J connectivity index is 1.27. The third-order valence-corrected chi connectivity index (χ3v) is 7.86. The van der Waals surface area contributed by atoms with Crippen LogP contribution in [0.5, 0.6) is 5.75 Å². The summed E-state index contributed by atoms with van der Waals surface area (Å²) >= 11 is 0. The highest BCUT2D eigenvalue weighted by Crippen LogP contribution is 2.38. The molecule has 1 aromatic carbocycles. The first-order valence-corrected chi connectivity index (χ1v) is 13.4. The molecule has 8 heteroatoms. The molecule has 3 aromatic rings. The summed E-state index contributed by atoms with van der Waals surface area (Å²) in [7, 11) is 0. The average molecular weight is 504 g/mol. The van der Waals surface area contributed by atoms with E-state index in [1.807, 2.05) is 37.3 Å². The van der Waals surface area contributed by atoms with E-state index in [0.717, 1.165) is 63.1 Å². The molecule has 2 aromatic heterocycles. The van der Waals surface area contributed by atoms with Gasteiger partial charge in [-0.05, 0) is 76.9 Å². The lowest BCUT2D eigenvalue weighted by molar-refractivity contribution is -0.135.